The summed E-state index contributed by atoms with van der Waals surface area (Å²) in [4.78, 5) is 35.7. The van der Waals surface area contributed by atoms with Crippen molar-refractivity contribution >= 4 is 17.5 Å². The Kier molecular flexibility index (Phi) is 4.92. The number of rotatable bonds is 5. The fraction of sp³-hybridized carbons (Fsp3) is 0.357. The van der Waals surface area contributed by atoms with Crippen LogP contribution in [0.1, 0.15) is 24.2 Å². The van der Waals surface area contributed by atoms with Crippen LogP contribution in [0.3, 0.4) is 0 Å². The lowest BCUT2D eigenvalue weighted by molar-refractivity contribution is -0.147. The second-order valence-electron chi connectivity index (χ2n) is 4.38. The Morgan fingerprint density at radius 1 is 1.11 bits per heavy atom. The summed E-state index contributed by atoms with van der Waals surface area (Å²) >= 11 is 0. The van der Waals surface area contributed by atoms with Crippen LogP contribution in [-0.2, 0) is 14.3 Å². The quantitative estimate of drug-likeness (QED) is 0.465. The molecule has 102 valence electrons. The molecule has 1 unspecified atom stereocenters. The highest BCUT2D eigenvalue weighted by atomic mass is 19.1. The molecule has 0 fully saturated rings. The summed E-state index contributed by atoms with van der Waals surface area (Å²) in [5.74, 6) is -4.55. The van der Waals surface area contributed by atoms with Crippen molar-refractivity contribution in [3.63, 3.8) is 0 Å². The number of carbonyl (C=O) groups is 3. The van der Waals surface area contributed by atoms with Crippen LogP contribution in [0.4, 0.5) is 4.39 Å². The molecule has 0 bridgehead atoms. The first-order valence-electron chi connectivity index (χ1n) is 5.79. The van der Waals surface area contributed by atoms with Gasteiger partial charge in [0.2, 0.25) is 0 Å². The summed E-state index contributed by atoms with van der Waals surface area (Å²) in [6, 6.07) is 4.67. The van der Waals surface area contributed by atoms with Gasteiger partial charge >= 0.3 is 5.97 Å². The van der Waals surface area contributed by atoms with Crippen LogP contribution in [0.2, 0.25) is 0 Å². The van der Waals surface area contributed by atoms with Gasteiger partial charge in [-0.2, -0.15) is 0 Å². The molecule has 0 aliphatic rings. The number of ketones is 2. The molecule has 1 aromatic carbocycles. The number of benzene rings is 1. The minimum absolute atomic E-state index is 0.103. The van der Waals surface area contributed by atoms with E-state index in [0.717, 1.165) is 19.2 Å². The minimum Gasteiger partial charge on any atom is -0.468 e. The van der Waals surface area contributed by atoms with E-state index in [4.69, 9.17) is 0 Å². The van der Waals surface area contributed by atoms with E-state index in [9.17, 15) is 18.8 Å². The number of hydrogen-bond donors (Lipinski definition) is 0. The summed E-state index contributed by atoms with van der Waals surface area (Å²) in [5.41, 5.74) is 0.103. The number of ether oxygens (including phenoxy) is 1. The fourth-order valence-corrected chi connectivity index (χ4v) is 1.58. The van der Waals surface area contributed by atoms with Crippen molar-refractivity contribution in [3.05, 3.63) is 35.6 Å². The van der Waals surface area contributed by atoms with Gasteiger partial charge in [-0.15, -0.1) is 0 Å². The summed E-state index contributed by atoms with van der Waals surface area (Å²) in [6.07, 6.45) is 0. The number of esters is 1. The van der Waals surface area contributed by atoms with Crippen molar-refractivity contribution in [3.8, 4) is 0 Å². The van der Waals surface area contributed by atoms with Crippen molar-refractivity contribution in [2.24, 2.45) is 11.8 Å². The van der Waals surface area contributed by atoms with Gasteiger partial charge in [-0.1, -0.05) is 13.8 Å². The van der Waals surface area contributed by atoms with Crippen molar-refractivity contribution in [1.29, 1.82) is 0 Å². The first-order chi connectivity index (χ1) is 8.88. The lowest BCUT2D eigenvalue weighted by Gasteiger charge is -2.14. The predicted molar refractivity (Wildman–Crippen MR) is 66.1 cm³/mol. The van der Waals surface area contributed by atoms with Gasteiger partial charge in [0.15, 0.2) is 17.5 Å². The average Bonchev–Trinajstić information content (AvgIpc) is 2.39. The number of hydrogen-bond acceptors (Lipinski definition) is 4. The third-order valence-corrected chi connectivity index (χ3v) is 2.68. The zero-order valence-corrected chi connectivity index (χ0v) is 11.0. The van der Waals surface area contributed by atoms with Gasteiger partial charge in [-0.3, -0.25) is 14.4 Å². The molecule has 0 aliphatic heterocycles. The number of Topliss-reactive ketones (excluding diaryl/α,β-unsaturated/α-hetero) is 2. The highest BCUT2D eigenvalue weighted by Crippen LogP contribution is 2.16. The Balaban J connectivity index is 3.11. The van der Waals surface area contributed by atoms with Gasteiger partial charge in [0.25, 0.3) is 0 Å². The lowest BCUT2D eigenvalue weighted by atomic mass is 9.88. The summed E-state index contributed by atoms with van der Waals surface area (Å²) in [5, 5.41) is 0. The molecule has 0 heterocycles. The summed E-state index contributed by atoms with van der Waals surface area (Å²) in [7, 11) is 1.11. The van der Waals surface area contributed by atoms with Crippen LogP contribution in [0.15, 0.2) is 24.3 Å². The molecule has 0 spiro atoms. The fourth-order valence-electron chi connectivity index (χ4n) is 1.58. The largest absolute Gasteiger partial charge is 0.468 e. The maximum atomic E-state index is 12.8. The maximum Gasteiger partial charge on any atom is 0.324 e. The molecule has 0 aromatic heterocycles. The van der Waals surface area contributed by atoms with Crippen LogP contribution in [-0.4, -0.2) is 24.6 Å². The standard InChI is InChI=1S/C14H15FO4/c1-8(2)12(16)11(14(18)19-3)13(17)9-4-6-10(15)7-5-9/h4-8,11H,1-3H3. The summed E-state index contributed by atoms with van der Waals surface area (Å²) < 4.78 is 17.3. The Morgan fingerprint density at radius 2 is 1.63 bits per heavy atom. The van der Waals surface area contributed by atoms with E-state index in [1.807, 2.05) is 0 Å². The molecule has 0 amide bonds. The number of halogens is 1. The van der Waals surface area contributed by atoms with Crippen molar-refractivity contribution < 1.29 is 23.5 Å². The monoisotopic (exact) mass is 266 g/mol. The van der Waals surface area contributed by atoms with E-state index >= 15 is 0 Å². The molecule has 1 atom stereocenters. The molecule has 19 heavy (non-hydrogen) atoms. The van der Waals surface area contributed by atoms with E-state index in [2.05, 4.69) is 4.74 Å². The molecule has 0 radical (unpaired) electrons. The van der Waals surface area contributed by atoms with E-state index in [1.165, 1.54) is 12.1 Å². The van der Waals surface area contributed by atoms with Crippen molar-refractivity contribution in [2.75, 3.05) is 7.11 Å². The molecule has 0 saturated carbocycles. The van der Waals surface area contributed by atoms with Crippen LogP contribution < -0.4 is 0 Å². The molecule has 5 heteroatoms. The molecule has 0 N–H and O–H groups in total. The zero-order valence-electron chi connectivity index (χ0n) is 11.0. The van der Waals surface area contributed by atoms with Gasteiger partial charge in [-0.25, -0.2) is 4.39 Å². The van der Waals surface area contributed by atoms with Gasteiger partial charge in [-0.05, 0) is 24.3 Å². The van der Waals surface area contributed by atoms with Crippen molar-refractivity contribution in [1.82, 2.24) is 0 Å². The maximum absolute atomic E-state index is 12.8. The van der Waals surface area contributed by atoms with Gasteiger partial charge < -0.3 is 4.74 Å². The van der Waals surface area contributed by atoms with E-state index in [-0.39, 0.29) is 5.56 Å². The molecule has 0 saturated heterocycles. The van der Waals surface area contributed by atoms with Crippen LogP contribution in [0, 0.1) is 17.7 Å². The molecule has 1 aromatic rings. The molecular formula is C14H15FO4. The smallest absolute Gasteiger partial charge is 0.324 e. The highest BCUT2D eigenvalue weighted by molar-refractivity contribution is 6.22. The number of carbonyl (C=O) groups excluding carboxylic acids is 3. The van der Waals surface area contributed by atoms with E-state index < -0.39 is 35.2 Å². The predicted octanol–water partition coefficient (Wildman–Crippen LogP) is 2.02. The second-order valence-corrected chi connectivity index (χ2v) is 4.38. The first kappa shape index (κ1) is 15.0. The van der Waals surface area contributed by atoms with E-state index in [0.29, 0.717) is 0 Å². The Bertz CT molecular complexity index is 491. The minimum atomic E-state index is -1.49. The Labute approximate surface area is 110 Å². The number of methoxy groups -OCH3 is 1. The van der Waals surface area contributed by atoms with Gasteiger partial charge in [0.05, 0.1) is 7.11 Å². The second kappa shape index (κ2) is 6.22. The molecule has 0 aliphatic carbocycles. The SMILES string of the molecule is COC(=O)C(C(=O)c1ccc(F)cc1)C(=O)C(C)C. The lowest BCUT2D eigenvalue weighted by Crippen LogP contribution is -2.35. The third-order valence-electron chi connectivity index (χ3n) is 2.68. The van der Waals surface area contributed by atoms with Gasteiger partial charge in [0.1, 0.15) is 5.82 Å². The normalized spacial score (nSPS) is 12.1. The molecule has 1 rings (SSSR count). The zero-order chi connectivity index (χ0) is 14.6. The van der Waals surface area contributed by atoms with Crippen molar-refractivity contribution in [2.45, 2.75) is 13.8 Å². The highest BCUT2D eigenvalue weighted by Gasteiger charge is 2.36. The van der Waals surface area contributed by atoms with Crippen LogP contribution in [0.25, 0.3) is 0 Å². The third kappa shape index (κ3) is 3.47. The molecular weight excluding hydrogens is 251 g/mol. The topological polar surface area (TPSA) is 60.4 Å². The first-order valence-corrected chi connectivity index (χ1v) is 5.79. The van der Waals surface area contributed by atoms with E-state index in [1.54, 1.807) is 13.8 Å². The summed E-state index contributed by atoms with van der Waals surface area (Å²) in [6.45, 7) is 3.19. The van der Waals surface area contributed by atoms with Crippen LogP contribution >= 0.6 is 0 Å². The average molecular weight is 266 g/mol. The van der Waals surface area contributed by atoms with Gasteiger partial charge in [0, 0.05) is 11.5 Å². The Hall–Kier alpha value is -2.04. The molecule has 4 nitrogen and oxygen atoms in total. The Morgan fingerprint density at radius 3 is 2.05 bits per heavy atom. The van der Waals surface area contributed by atoms with Crippen LogP contribution in [0.5, 0.6) is 0 Å².